The van der Waals surface area contributed by atoms with E-state index < -0.39 is 12.1 Å². The van der Waals surface area contributed by atoms with E-state index in [4.69, 9.17) is 17.3 Å². The van der Waals surface area contributed by atoms with Gasteiger partial charge in [-0.1, -0.05) is 11.6 Å². The summed E-state index contributed by atoms with van der Waals surface area (Å²) < 4.78 is 39.3. The van der Waals surface area contributed by atoms with Crippen LogP contribution >= 0.6 is 27.5 Å². The second kappa shape index (κ2) is 3.86. The zero-order valence-corrected chi connectivity index (χ0v) is 8.87. The third kappa shape index (κ3) is 2.68. The van der Waals surface area contributed by atoms with Gasteiger partial charge in [0.25, 0.3) is 0 Å². The van der Waals surface area contributed by atoms with E-state index in [9.17, 15) is 13.2 Å². The van der Waals surface area contributed by atoms with Crippen LogP contribution in [0.4, 0.5) is 18.9 Å². The predicted molar refractivity (Wildman–Crippen MR) is 50.2 cm³/mol. The Morgan fingerprint density at radius 3 is 2.43 bits per heavy atom. The van der Waals surface area contributed by atoms with Gasteiger partial charge < -0.3 is 10.5 Å². The summed E-state index contributed by atoms with van der Waals surface area (Å²) >= 11 is 8.53. The summed E-state index contributed by atoms with van der Waals surface area (Å²) in [5, 5.41) is 0.219. The molecule has 0 amide bonds. The molecule has 1 aromatic carbocycles. The van der Waals surface area contributed by atoms with E-state index in [1.165, 1.54) is 6.07 Å². The zero-order chi connectivity index (χ0) is 10.9. The van der Waals surface area contributed by atoms with E-state index in [1.807, 2.05) is 0 Å². The molecule has 1 aromatic rings. The summed E-state index contributed by atoms with van der Waals surface area (Å²) in [5.41, 5.74) is 5.15. The molecule has 0 aromatic heterocycles. The molecule has 0 radical (unpaired) electrons. The first-order valence-corrected chi connectivity index (χ1v) is 4.47. The Hall–Kier alpha value is -0.620. The Bertz CT molecular complexity index is 356. The third-order valence-electron chi connectivity index (χ3n) is 1.32. The fourth-order valence-corrected chi connectivity index (χ4v) is 1.25. The first-order chi connectivity index (χ1) is 6.31. The average Bonchev–Trinajstić information content (AvgIpc) is 2.04. The molecule has 0 heterocycles. The smallest absolute Gasteiger partial charge is 0.404 e. The lowest BCUT2D eigenvalue weighted by molar-refractivity contribution is -0.274. The van der Waals surface area contributed by atoms with E-state index in [0.29, 0.717) is 0 Å². The van der Waals surface area contributed by atoms with Crippen molar-refractivity contribution < 1.29 is 17.9 Å². The lowest BCUT2D eigenvalue weighted by Crippen LogP contribution is -2.18. The van der Waals surface area contributed by atoms with Crippen LogP contribution in [0.3, 0.4) is 0 Å². The monoisotopic (exact) mass is 289 g/mol. The fraction of sp³-hybridized carbons (Fsp3) is 0.143. The van der Waals surface area contributed by atoms with Gasteiger partial charge >= 0.3 is 6.36 Å². The van der Waals surface area contributed by atoms with Gasteiger partial charge in [-0.15, -0.1) is 13.2 Å². The van der Waals surface area contributed by atoms with Crippen molar-refractivity contribution in [1.82, 2.24) is 0 Å². The Kier molecular flexibility index (Phi) is 3.16. The lowest BCUT2D eigenvalue weighted by Gasteiger charge is -2.12. The largest absolute Gasteiger partial charge is 0.573 e. The maximum atomic E-state index is 11.8. The van der Waals surface area contributed by atoms with E-state index >= 15 is 0 Å². The molecule has 2 nitrogen and oxygen atoms in total. The lowest BCUT2D eigenvalue weighted by atomic mass is 10.3. The summed E-state index contributed by atoms with van der Waals surface area (Å²) in [5.74, 6) is -0.478. The van der Waals surface area contributed by atoms with E-state index in [1.54, 1.807) is 0 Å². The Labute approximate surface area is 90.9 Å². The minimum Gasteiger partial charge on any atom is -0.404 e. The van der Waals surface area contributed by atoms with Crippen LogP contribution in [0, 0.1) is 0 Å². The van der Waals surface area contributed by atoms with Crippen LogP contribution in [0.5, 0.6) is 5.75 Å². The average molecular weight is 290 g/mol. The second-order valence-corrected chi connectivity index (χ2v) is 3.52. The van der Waals surface area contributed by atoms with E-state index in [2.05, 4.69) is 20.7 Å². The third-order valence-corrected chi connectivity index (χ3v) is 2.72. The van der Waals surface area contributed by atoms with Crippen molar-refractivity contribution >= 4 is 33.2 Å². The van der Waals surface area contributed by atoms with Crippen molar-refractivity contribution in [1.29, 1.82) is 0 Å². The highest BCUT2D eigenvalue weighted by Gasteiger charge is 2.32. The Morgan fingerprint density at radius 1 is 1.36 bits per heavy atom. The van der Waals surface area contributed by atoms with Crippen LogP contribution in [-0.2, 0) is 0 Å². The number of ether oxygens (including phenoxy) is 1. The standard InChI is InChI=1S/C7H4BrClF3NO/c8-5-3(9)1-2-4(6(5)13)14-7(10,11)12/h1-2H,13H2. The SMILES string of the molecule is Nc1c(OC(F)(F)F)ccc(Cl)c1Br. The van der Waals surface area contributed by atoms with Gasteiger partial charge in [0.15, 0.2) is 5.75 Å². The van der Waals surface area contributed by atoms with Crippen molar-refractivity contribution in [2.24, 2.45) is 0 Å². The van der Waals surface area contributed by atoms with Crippen molar-refractivity contribution in [3.63, 3.8) is 0 Å². The number of rotatable bonds is 1. The molecular formula is C7H4BrClF3NO. The minimum atomic E-state index is -4.76. The fourth-order valence-electron chi connectivity index (χ4n) is 0.762. The number of anilines is 1. The molecule has 0 spiro atoms. The van der Waals surface area contributed by atoms with Crippen LogP contribution < -0.4 is 10.5 Å². The van der Waals surface area contributed by atoms with Crippen LogP contribution in [0.2, 0.25) is 5.02 Å². The molecule has 0 fully saturated rings. The van der Waals surface area contributed by atoms with Crippen LogP contribution in [0.1, 0.15) is 0 Å². The number of alkyl halides is 3. The molecule has 7 heteroatoms. The van der Waals surface area contributed by atoms with Crippen LogP contribution in [-0.4, -0.2) is 6.36 Å². The van der Waals surface area contributed by atoms with Crippen molar-refractivity contribution in [2.75, 3.05) is 5.73 Å². The van der Waals surface area contributed by atoms with Crippen molar-refractivity contribution in [2.45, 2.75) is 6.36 Å². The van der Waals surface area contributed by atoms with Gasteiger partial charge in [-0.25, -0.2) is 0 Å². The minimum absolute atomic E-state index is 0.181. The number of halogens is 5. The Balaban J connectivity index is 3.06. The predicted octanol–water partition coefficient (Wildman–Crippen LogP) is 3.58. The van der Waals surface area contributed by atoms with Crippen molar-refractivity contribution in [3.8, 4) is 5.75 Å². The molecule has 0 aliphatic carbocycles. The number of benzene rings is 1. The molecule has 0 atom stereocenters. The Morgan fingerprint density at radius 2 is 1.93 bits per heavy atom. The van der Waals surface area contributed by atoms with Crippen LogP contribution in [0.25, 0.3) is 0 Å². The zero-order valence-electron chi connectivity index (χ0n) is 6.53. The number of hydrogen-bond acceptors (Lipinski definition) is 2. The number of nitrogens with two attached hydrogens (primary N) is 1. The summed E-state index contributed by atoms with van der Waals surface area (Å²) in [4.78, 5) is 0. The van der Waals surface area contributed by atoms with Gasteiger partial charge in [-0.2, -0.15) is 0 Å². The number of nitrogen functional groups attached to an aromatic ring is 1. The van der Waals surface area contributed by atoms with Gasteiger partial charge in [0, 0.05) is 0 Å². The number of hydrogen-bond donors (Lipinski definition) is 1. The molecule has 0 aliphatic heterocycles. The molecule has 14 heavy (non-hydrogen) atoms. The second-order valence-electron chi connectivity index (χ2n) is 2.32. The van der Waals surface area contributed by atoms with Crippen molar-refractivity contribution in [3.05, 3.63) is 21.6 Å². The highest BCUT2D eigenvalue weighted by Crippen LogP contribution is 2.37. The molecule has 0 saturated carbocycles. The maximum Gasteiger partial charge on any atom is 0.573 e. The molecule has 1 rings (SSSR count). The van der Waals surface area contributed by atoms with E-state index in [0.717, 1.165) is 6.07 Å². The summed E-state index contributed by atoms with van der Waals surface area (Å²) in [7, 11) is 0. The molecular weight excluding hydrogens is 286 g/mol. The quantitative estimate of drug-likeness (QED) is 0.802. The molecule has 78 valence electrons. The molecule has 2 N–H and O–H groups in total. The van der Waals surface area contributed by atoms with Gasteiger partial charge in [0.05, 0.1) is 15.2 Å². The topological polar surface area (TPSA) is 35.2 Å². The van der Waals surface area contributed by atoms with Gasteiger partial charge in [-0.3, -0.25) is 0 Å². The molecule has 0 aliphatic rings. The highest BCUT2D eigenvalue weighted by molar-refractivity contribution is 9.10. The molecule has 0 bridgehead atoms. The van der Waals surface area contributed by atoms with Gasteiger partial charge in [-0.05, 0) is 28.1 Å². The first-order valence-electron chi connectivity index (χ1n) is 3.30. The highest BCUT2D eigenvalue weighted by atomic mass is 79.9. The van der Waals surface area contributed by atoms with Crippen LogP contribution in [0.15, 0.2) is 16.6 Å². The molecule has 0 unspecified atom stereocenters. The summed E-state index contributed by atoms with van der Waals surface area (Å²) in [6.07, 6.45) is -4.76. The van der Waals surface area contributed by atoms with E-state index in [-0.39, 0.29) is 15.2 Å². The molecule has 0 saturated heterocycles. The normalized spacial score (nSPS) is 11.5. The van der Waals surface area contributed by atoms with Gasteiger partial charge in [0.2, 0.25) is 0 Å². The van der Waals surface area contributed by atoms with Gasteiger partial charge in [0.1, 0.15) is 0 Å². The summed E-state index contributed by atoms with van der Waals surface area (Å²) in [6, 6.07) is 2.30. The first kappa shape index (κ1) is 11.5. The summed E-state index contributed by atoms with van der Waals surface area (Å²) in [6.45, 7) is 0. The maximum absolute atomic E-state index is 11.8.